The molecule has 5 rings (SSSR count). The van der Waals surface area contributed by atoms with Gasteiger partial charge in [0.25, 0.3) is 5.91 Å². The maximum atomic E-state index is 13.4. The van der Waals surface area contributed by atoms with Crippen molar-refractivity contribution >= 4 is 38.2 Å². The van der Waals surface area contributed by atoms with Gasteiger partial charge in [0.2, 0.25) is 10.0 Å². The summed E-state index contributed by atoms with van der Waals surface area (Å²) in [4.78, 5) is 19.2. The molecule has 1 aliphatic rings. The molecule has 1 saturated heterocycles. The standard InChI is InChI=1S/C31H31F3N4O3S/c1-3-21-5-12-29(22(4-2)19-21)42(40,41)38-17-15-37(16-18-38)30(39)23-6-9-25(10-7-23)36-27-13-14-35-28-20-24(31(32,33)34)8-11-26(27)28/h5-14,19-20H,3-4,15-18H2,1-2H3,(H,35,36). The van der Waals surface area contributed by atoms with Crippen LogP contribution >= 0.6 is 0 Å². The Kier molecular flexibility index (Phi) is 8.25. The number of aryl methyl sites for hydroxylation is 2. The number of benzene rings is 3. The summed E-state index contributed by atoms with van der Waals surface area (Å²) in [6, 6.07) is 17.4. The van der Waals surface area contributed by atoms with E-state index < -0.39 is 21.8 Å². The summed E-state index contributed by atoms with van der Waals surface area (Å²) in [6.45, 7) is 4.93. The van der Waals surface area contributed by atoms with Crippen LogP contribution in [0.5, 0.6) is 0 Å². The van der Waals surface area contributed by atoms with Crippen LogP contribution in [-0.4, -0.2) is 54.7 Å². The molecule has 0 atom stereocenters. The Morgan fingerprint density at radius 3 is 2.26 bits per heavy atom. The van der Waals surface area contributed by atoms with Crippen LogP contribution in [0.25, 0.3) is 10.9 Å². The predicted octanol–water partition coefficient (Wildman–Crippen LogP) is 6.27. The zero-order chi connectivity index (χ0) is 30.1. The minimum absolute atomic E-state index is 0.200. The molecule has 42 heavy (non-hydrogen) atoms. The van der Waals surface area contributed by atoms with Gasteiger partial charge in [-0.1, -0.05) is 32.0 Å². The lowest BCUT2D eigenvalue weighted by atomic mass is 10.1. The Balaban J connectivity index is 1.24. The number of rotatable bonds is 7. The number of hydrogen-bond acceptors (Lipinski definition) is 5. The monoisotopic (exact) mass is 596 g/mol. The molecule has 0 saturated carbocycles. The summed E-state index contributed by atoms with van der Waals surface area (Å²) < 4.78 is 67.5. The number of halogens is 3. The fourth-order valence-electron chi connectivity index (χ4n) is 5.12. The van der Waals surface area contributed by atoms with Crippen molar-refractivity contribution in [2.45, 2.75) is 37.8 Å². The van der Waals surface area contributed by atoms with Crippen molar-refractivity contribution in [2.24, 2.45) is 0 Å². The van der Waals surface area contributed by atoms with Crippen molar-refractivity contribution in [3.8, 4) is 0 Å². The first kappa shape index (κ1) is 29.5. The lowest BCUT2D eigenvalue weighted by Crippen LogP contribution is -2.50. The summed E-state index contributed by atoms with van der Waals surface area (Å²) in [7, 11) is -3.68. The molecule has 11 heteroatoms. The number of piperazine rings is 1. The summed E-state index contributed by atoms with van der Waals surface area (Å²) in [5, 5.41) is 3.72. The molecule has 1 aliphatic heterocycles. The third-order valence-corrected chi connectivity index (χ3v) is 9.54. The van der Waals surface area contributed by atoms with Crippen LogP contribution in [-0.2, 0) is 29.0 Å². The molecule has 3 aromatic carbocycles. The summed E-state index contributed by atoms with van der Waals surface area (Å²) >= 11 is 0. The van der Waals surface area contributed by atoms with Crippen molar-refractivity contribution in [1.29, 1.82) is 0 Å². The lowest BCUT2D eigenvalue weighted by Gasteiger charge is -2.34. The van der Waals surface area contributed by atoms with Crippen LogP contribution in [0.4, 0.5) is 24.5 Å². The maximum absolute atomic E-state index is 13.4. The highest BCUT2D eigenvalue weighted by molar-refractivity contribution is 7.89. The average Bonchev–Trinajstić information content (AvgIpc) is 3.00. The van der Waals surface area contributed by atoms with Crippen LogP contribution in [0.15, 0.2) is 77.8 Å². The Morgan fingerprint density at radius 2 is 1.62 bits per heavy atom. The number of nitrogens with zero attached hydrogens (tertiary/aromatic N) is 3. The van der Waals surface area contributed by atoms with Gasteiger partial charge in [-0.05, 0) is 72.5 Å². The van der Waals surface area contributed by atoms with E-state index >= 15 is 0 Å². The summed E-state index contributed by atoms with van der Waals surface area (Å²) in [6.07, 6.45) is -1.58. The van der Waals surface area contributed by atoms with Crippen molar-refractivity contribution in [3.05, 3.63) is 95.2 Å². The van der Waals surface area contributed by atoms with Gasteiger partial charge in [0.1, 0.15) is 0 Å². The first-order chi connectivity index (χ1) is 20.0. The van der Waals surface area contributed by atoms with Gasteiger partial charge in [0, 0.05) is 54.7 Å². The maximum Gasteiger partial charge on any atom is 0.416 e. The second kappa shape index (κ2) is 11.7. The number of fused-ring (bicyclic) bond motifs is 1. The molecule has 1 fully saturated rings. The number of anilines is 2. The van der Waals surface area contributed by atoms with E-state index in [-0.39, 0.29) is 37.6 Å². The Bertz CT molecular complexity index is 1720. The van der Waals surface area contributed by atoms with Gasteiger partial charge in [0.05, 0.1) is 16.0 Å². The zero-order valence-corrected chi connectivity index (χ0v) is 24.1. The number of amides is 1. The number of nitrogens with one attached hydrogen (secondary N) is 1. The number of hydrogen-bond donors (Lipinski definition) is 1. The number of carbonyl (C=O) groups is 1. The second-order valence-electron chi connectivity index (χ2n) is 10.1. The third kappa shape index (κ3) is 5.98. The highest BCUT2D eigenvalue weighted by Gasteiger charge is 2.32. The van der Waals surface area contributed by atoms with Gasteiger partial charge in [-0.3, -0.25) is 9.78 Å². The molecular weight excluding hydrogens is 565 g/mol. The van der Waals surface area contributed by atoms with Crippen molar-refractivity contribution in [3.63, 3.8) is 0 Å². The smallest absolute Gasteiger partial charge is 0.355 e. The fraction of sp³-hybridized carbons (Fsp3) is 0.290. The lowest BCUT2D eigenvalue weighted by molar-refractivity contribution is -0.137. The van der Waals surface area contributed by atoms with E-state index in [1.54, 1.807) is 41.3 Å². The van der Waals surface area contributed by atoms with Gasteiger partial charge < -0.3 is 10.2 Å². The SMILES string of the molecule is CCc1ccc(S(=O)(=O)N2CCN(C(=O)c3ccc(Nc4ccnc5cc(C(F)(F)F)ccc45)cc3)CC2)c(CC)c1. The van der Waals surface area contributed by atoms with E-state index in [4.69, 9.17) is 0 Å². The van der Waals surface area contributed by atoms with Gasteiger partial charge in [-0.15, -0.1) is 0 Å². The topological polar surface area (TPSA) is 82.6 Å². The molecule has 1 aromatic heterocycles. The fourth-order valence-corrected chi connectivity index (χ4v) is 6.82. The molecule has 220 valence electrons. The molecule has 1 amide bonds. The van der Waals surface area contributed by atoms with E-state index in [2.05, 4.69) is 10.3 Å². The molecule has 2 heterocycles. The Hall–Kier alpha value is -3.96. The molecule has 1 N–H and O–H groups in total. The predicted molar refractivity (Wildman–Crippen MR) is 156 cm³/mol. The van der Waals surface area contributed by atoms with Crippen LogP contribution < -0.4 is 5.32 Å². The zero-order valence-electron chi connectivity index (χ0n) is 23.3. The van der Waals surface area contributed by atoms with E-state index in [0.717, 1.165) is 29.7 Å². The van der Waals surface area contributed by atoms with Gasteiger partial charge in [-0.2, -0.15) is 17.5 Å². The van der Waals surface area contributed by atoms with Crippen LogP contribution in [0, 0.1) is 0 Å². The minimum Gasteiger partial charge on any atom is -0.355 e. The van der Waals surface area contributed by atoms with Crippen LogP contribution in [0.3, 0.4) is 0 Å². The largest absolute Gasteiger partial charge is 0.416 e. The molecular formula is C31H31F3N4O3S. The van der Waals surface area contributed by atoms with Crippen molar-refractivity contribution in [1.82, 2.24) is 14.2 Å². The minimum atomic E-state index is -4.46. The molecule has 0 radical (unpaired) electrons. The number of aromatic nitrogens is 1. The molecule has 7 nitrogen and oxygen atoms in total. The van der Waals surface area contributed by atoms with E-state index in [9.17, 15) is 26.4 Å². The molecule has 4 aromatic rings. The van der Waals surface area contributed by atoms with Crippen LogP contribution in [0.1, 0.15) is 40.9 Å². The Labute approximate surface area is 243 Å². The van der Waals surface area contributed by atoms with E-state index in [1.807, 2.05) is 26.0 Å². The highest BCUT2D eigenvalue weighted by atomic mass is 32.2. The van der Waals surface area contributed by atoms with Crippen LogP contribution in [0.2, 0.25) is 0 Å². The second-order valence-corrected chi connectivity index (χ2v) is 12.0. The molecule has 0 unspecified atom stereocenters. The van der Waals surface area contributed by atoms with Crippen molar-refractivity contribution < 1.29 is 26.4 Å². The van der Waals surface area contributed by atoms with E-state index in [0.29, 0.717) is 33.6 Å². The number of sulfonamides is 1. The normalized spacial score (nSPS) is 14.7. The number of carbonyl (C=O) groups excluding carboxylic acids is 1. The van der Waals surface area contributed by atoms with Gasteiger partial charge in [-0.25, -0.2) is 8.42 Å². The quantitative estimate of drug-likeness (QED) is 0.272. The van der Waals surface area contributed by atoms with Crippen molar-refractivity contribution in [2.75, 3.05) is 31.5 Å². The Morgan fingerprint density at radius 1 is 0.905 bits per heavy atom. The number of pyridine rings is 1. The summed E-state index contributed by atoms with van der Waals surface area (Å²) in [5.74, 6) is -0.200. The van der Waals surface area contributed by atoms with Gasteiger partial charge in [0.15, 0.2) is 0 Å². The van der Waals surface area contributed by atoms with Gasteiger partial charge >= 0.3 is 6.18 Å². The molecule has 0 spiro atoms. The summed E-state index contributed by atoms with van der Waals surface area (Å²) in [5.41, 5.74) is 3.03. The highest BCUT2D eigenvalue weighted by Crippen LogP contribution is 2.33. The first-order valence-electron chi connectivity index (χ1n) is 13.8. The molecule has 0 aliphatic carbocycles. The first-order valence-corrected chi connectivity index (χ1v) is 15.2. The van der Waals surface area contributed by atoms with E-state index in [1.165, 1.54) is 16.6 Å². The average molecular weight is 597 g/mol. The number of alkyl halides is 3. The molecule has 0 bridgehead atoms. The third-order valence-electron chi connectivity index (χ3n) is 7.54.